The number of nitrogens with one attached hydrogen (secondary N) is 1. The fourth-order valence-corrected chi connectivity index (χ4v) is 2.60. The first kappa shape index (κ1) is 13.3. The van der Waals surface area contributed by atoms with Gasteiger partial charge in [0, 0.05) is 19.0 Å². The highest BCUT2D eigenvalue weighted by Gasteiger charge is 2.31. The molecule has 0 aromatic carbocycles. The predicted octanol–water partition coefficient (Wildman–Crippen LogP) is 2.07. The molecule has 1 fully saturated rings. The van der Waals surface area contributed by atoms with Gasteiger partial charge < -0.3 is 16.3 Å². The Bertz CT molecular complexity index is 234. The minimum atomic E-state index is 0.278. The molecule has 0 amide bonds. The largest absolute Gasteiger partial charge is 0.409 e. The van der Waals surface area contributed by atoms with E-state index in [4.69, 9.17) is 10.9 Å². The van der Waals surface area contributed by atoms with Gasteiger partial charge in [0.05, 0.1) is 0 Å². The minimum Gasteiger partial charge on any atom is -0.409 e. The third-order valence-corrected chi connectivity index (χ3v) is 3.88. The molecule has 4 N–H and O–H groups in total. The number of nitrogens with zero attached hydrogens (tertiary/aromatic N) is 1. The quantitative estimate of drug-likeness (QED) is 0.281. The molecule has 4 heteroatoms. The summed E-state index contributed by atoms with van der Waals surface area (Å²) in [5.41, 5.74) is 5.98. The Labute approximate surface area is 98.3 Å². The standard InChI is InChI=1S/C12H25N3O/c1-3-12(6-4-5-7-12)9-14-10(2)8-11(13)15-16/h10,14,16H,3-9H2,1-2H3,(H2,13,15). The van der Waals surface area contributed by atoms with E-state index in [1.165, 1.54) is 32.1 Å². The van der Waals surface area contributed by atoms with E-state index in [1.54, 1.807) is 0 Å². The molecule has 16 heavy (non-hydrogen) atoms. The average molecular weight is 227 g/mol. The highest BCUT2D eigenvalue weighted by atomic mass is 16.4. The van der Waals surface area contributed by atoms with E-state index in [9.17, 15) is 0 Å². The van der Waals surface area contributed by atoms with E-state index in [2.05, 4.69) is 24.3 Å². The number of rotatable bonds is 6. The van der Waals surface area contributed by atoms with Gasteiger partial charge in [-0.25, -0.2) is 0 Å². The molecule has 0 radical (unpaired) electrons. The van der Waals surface area contributed by atoms with Gasteiger partial charge in [-0.1, -0.05) is 24.9 Å². The molecule has 0 spiro atoms. The predicted molar refractivity (Wildman–Crippen MR) is 66.7 cm³/mol. The van der Waals surface area contributed by atoms with Crippen molar-refractivity contribution in [3.63, 3.8) is 0 Å². The fraction of sp³-hybridized carbons (Fsp3) is 0.917. The summed E-state index contributed by atoms with van der Waals surface area (Å²) in [7, 11) is 0. The second-order valence-electron chi connectivity index (χ2n) is 5.14. The molecule has 1 saturated carbocycles. The third kappa shape index (κ3) is 3.67. The van der Waals surface area contributed by atoms with Gasteiger partial charge >= 0.3 is 0 Å². The molecule has 0 heterocycles. The molecule has 4 nitrogen and oxygen atoms in total. The van der Waals surface area contributed by atoms with Gasteiger partial charge in [-0.05, 0) is 31.6 Å². The summed E-state index contributed by atoms with van der Waals surface area (Å²) in [4.78, 5) is 0. The summed E-state index contributed by atoms with van der Waals surface area (Å²) < 4.78 is 0. The van der Waals surface area contributed by atoms with Gasteiger partial charge in [0.25, 0.3) is 0 Å². The van der Waals surface area contributed by atoms with Crippen LogP contribution in [0, 0.1) is 5.41 Å². The van der Waals surface area contributed by atoms with Gasteiger partial charge in [0.2, 0.25) is 0 Å². The van der Waals surface area contributed by atoms with Crippen molar-refractivity contribution < 1.29 is 5.21 Å². The van der Waals surface area contributed by atoms with Crippen molar-refractivity contribution in [1.82, 2.24) is 5.32 Å². The Morgan fingerprint density at radius 2 is 2.12 bits per heavy atom. The highest BCUT2D eigenvalue weighted by Crippen LogP contribution is 2.40. The number of oxime groups is 1. The maximum absolute atomic E-state index is 8.50. The summed E-state index contributed by atoms with van der Waals surface area (Å²) in [6.07, 6.45) is 7.26. The maximum Gasteiger partial charge on any atom is 0.140 e. The van der Waals surface area contributed by atoms with Gasteiger partial charge in [-0.15, -0.1) is 0 Å². The molecule has 1 rings (SSSR count). The number of hydrogen-bond acceptors (Lipinski definition) is 3. The van der Waals surface area contributed by atoms with Gasteiger partial charge in [-0.2, -0.15) is 0 Å². The molecule has 0 aromatic heterocycles. The number of hydrogen-bond donors (Lipinski definition) is 3. The Kier molecular flexibility index (Phi) is 5.06. The van der Waals surface area contributed by atoms with Crippen LogP contribution in [0.15, 0.2) is 5.16 Å². The lowest BCUT2D eigenvalue weighted by atomic mass is 9.83. The van der Waals surface area contributed by atoms with Gasteiger partial charge in [-0.3, -0.25) is 0 Å². The molecule has 0 aromatic rings. The summed E-state index contributed by atoms with van der Waals surface area (Å²) in [6.45, 7) is 5.42. The van der Waals surface area contributed by atoms with Crippen molar-refractivity contribution in [2.24, 2.45) is 16.3 Å². The molecular formula is C12H25N3O. The molecule has 94 valence electrons. The van der Waals surface area contributed by atoms with Crippen LogP contribution in [0.3, 0.4) is 0 Å². The van der Waals surface area contributed by atoms with Crippen molar-refractivity contribution in [1.29, 1.82) is 0 Å². The van der Waals surface area contributed by atoms with E-state index < -0.39 is 0 Å². The average Bonchev–Trinajstić information content (AvgIpc) is 2.75. The Balaban J connectivity index is 2.32. The van der Waals surface area contributed by atoms with Crippen LogP contribution in [0.1, 0.15) is 52.4 Å². The van der Waals surface area contributed by atoms with E-state index in [-0.39, 0.29) is 6.04 Å². The minimum absolute atomic E-state index is 0.278. The highest BCUT2D eigenvalue weighted by molar-refractivity contribution is 5.80. The topological polar surface area (TPSA) is 70.6 Å². The third-order valence-electron chi connectivity index (χ3n) is 3.88. The second-order valence-corrected chi connectivity index (χ2v) is 5.14. The zero-order valence-corrected chi connectivity index (χ0v) is 10.5. The maximum atomic E-state index is 8.50. The Morgan fingerprint density at radius 3 is 2.62 bits per heavy atom. The van der Waals surface area contributed by atoms with E-state index >= 15 is 0 Å². The fourth-order valence-electron chi connectivity index (χ4n) is 2.60. The van der Waals surface area contributed by atoms with E-state index in [1.807, 2.05) is 0 Å². The summed E-state index contributed by atoms with van der Waals surface area (Å²) in [5.74, 6) is 0.303. The zero-order chi connectivity index (χ0) is 12.0. The molecule has 1 aliphatic carbocycles. The van der Waals surface area contributed by atoms with Crippen LogP contribution < -0.4 is 11.1 Å². The number of amidine groups is 1. The zero-order valence-electron chi connectivity index (χ0n) is 10.5. The van der Waals surface area contributed by atoms with Crippen LogP contribution >= 0.6 is 0 Å². The first-order valence-corrected chi connectivity index (χ1v) is 6.31. The van der Waals surface area contributed by atoms with Crippen LogP contribution in [0.25, 0.3) is 0 Å². The molecular weight excluding hydrogens is 202 g/mol. The number of nitrogens with two attached hydrogens (primary N) is 1. The summed E-state index contributed by atoms with van der Waals surface area (Å²) >= 11 is 0. The van der Waals surface area contributed by atoms with Crippen molar-refractivity contribution >= 4 is 5.84 Å². The SMILES string of the molecule is CCC1(CNC(C)CC(N)=NO)CCCC1. The molecule has 1 aliphatic rings. The molecule has 1 unspecified atom stereocenters. The van der Waals surface area contributed by atoms with Gasteiger partial charge in [0.1, 0.15) is 5.84 Å². The van der Waals surface area contributed by atoms with Crippen LogP contribution in [0.4, 0.5) is 0 Å². The lowest BCUT2D eigenvalue weighted by Crippen LogP contribution is -2.38. The molecule has 0 saturated heterocycles. The Hall–Kier alpha value is -0.770. The van der Waals surface area contributed by atoms with Crippen LogP contribution in [0.2, 0.25) is 0 Å². The van der Waals surface area contributed by atoms with Gasteiger partial charge in [0.15, 0.2) is 0 Å². The lowest BCUT2D eigenvalue weighted by molar-refractivity contribution is 0.258. The summed E-state index contributed by atoms with van der Waals surface area (Å²) in [5, 5.41) is 15.0. The molecule has 0 bridgehead atoms. The summed E-state index contributed by atoms with van der Waals surface area (Å²) in [6, 6.07) is 0.278. The first-order chi connectivity index (χ1) is 7.62. The van der Waals surface area contributed by atoms with Crippen LogP contribution in [0.5, 0.6) is 0 Å². The second kappa shape index (κ2) is 6.09. The van der Waals surface area contributed by atoms with Crippen molar-refractivity contribution in [3.05, 3.63) is 0 Å². The van der Waals surface area contributed by atoms with E-state index in [0.717, 1.165) is 6.54 Å². The first-order valence-electron chi connectivity index (χ1n) is 6.31. The van der Waals surface area contributed by atoms with Crippen molar-refractivity contribution in [2.45, 2.75) is 58.4 Å². The van der Waals surface area contributed by atoms with Crippen molar-refractivity contribution in [3.8, 4) is 0 Å². The monoisotopic (exact) mass is 227 g/mol. The van der Waals surface area contributed by atoms with E-state index in [0.29, 0.717) is 17.7 Å². The van der Waals surface area contributed by atoms with Crippen LogP contribution in [-0.2, 0) is 0 Å². The Morgan fingerprint density at radius 1 is 1.50 bits per heavy atom. The smallest absolute Gasteiger partial charge is 0.140 e. The molecule has 1 atom stereocenters. The lowest BCUT2D eigenvalue weighted by Gasteiger charge is -2.29. The normalized spacial score (nSPS) is 22.2. The van der Waals surface area contributed by atoms with Crippen LogP contribution in [-0.4, -0.2) is 23.6 Å². The van der Waals surface area contributed by atoms with Crippen molar-refractivity contribution in [2.75, 3.05) is 6.54 Å². The molecule has 0 aliphatic heterocycles.